The Bertz CT molecular complexity index is 576. The summed E-state index contributed by atoms with van der Waals surface area (Å²) in [7, 11) is 2.19. The van der Waals surface area contributed by atoms with Crippen LogP contribution in [0.25, 0.3) is 0 Å². The lowest BCUT2D eigenvalue weighted by molar-refractivity contribution is 0.301. The van der Waals surface area contributed by atoms with Gasteiger partial charge in [-0.1, -0.05) is 35.5 Å². The van der Waals surface area contributed by atoms with E-state index in [9.17, 15) is 0 Å². The van der Waals surface area contributed by atoms with Crippen LogP contribution < -0.4 is 0 Å². The van der Waals surface area contributed by atoms with E-state index in [0.717, 1.165) is 31.7 Å². The summed E-state index contributed by atoms with van der Waals surface area (Å²) < 4.78 is 5.49. The fourth-order valence-corrected chi connectivity index (χ4v) is 3.26. The maximum atomic E-state index is 5.49. The second-order valence-electron chi connectivity index (χ2n) is 6.42. The van der Waals surface area contributed by atoms with Crippen molar-refractivity contribution in [2.24, 2.45) is 0 Å². The third kappa shape index (κ3) is 3.98. The molecule has 1 aliphatic carbocycles. The molecule has 0 bridgehead atoms. The van der Waals surface area contributed by atoms with Crippen LogP contribution in [0.4, 0.5) is 0 Å². The minimum Gasteiger partial charge on any atom is -0.361 e. The van der Waals surface area contributed by atoms with Gasteiger partial charge in [-0.15, -0.1) is 0 Å². The molecule has 0 spiro atoms. The largest absolute Gasteiger partial charge is 0.361 e. The monoisotopic (exact) mass is 298 g/mol. The first-order valence-corrected chi connectivity index (χ1v) is 8.51. The van der Waals surface area contributed by atoms with Gasteiger partial charge in [0.05, 0.1) is 0 Å². The van der Waals surface area contributed by atoms with Crippen LogP contribution in [0.15, 0.2) is 34.9 Å². The van der Waals surface area contributed by atoms with Gasteiger partial charge in [-0.05, 0) is 57.7 Å². The zero-order valence-corrected chi connectivity index (χ0v) is 13.6. The van der Waals surface area contributed by atoms with Gasteiger partial charge in [-0.2, -0.15) is 0 Å². The molecule has 1 heterocycles. The van der Waals surface area contributed by atoms with E-state index in [1.54, 1.807) is 0 Å². The average molecular weight is 298 g/mol. The van der Waals surface area contributed by atoms with Crippen molar-refractivity contribution in [3.05, 3.63) is 52.9 Å². The molecule has 22 heavy (non-hydrogen) atoms. The molecule has 0 saturated carbocycles. The van der Waals surface area contributed by atoms with Crippen molar-refractivity contribution in [3.8, 4) is 0 Å². The topological polar surface area (TPSA) is 29.3 Å². The summed E-state index contributed by atoms with van der Waals surface area (Å²) in [6.07, 6.45) is 8.39. The maximum Gasteiger partial charge on any atom is 0.140 e. The second-order valence-corrected chi connectivity index (χ2v) is 6.42. The third-order valence-corrected chi connectivity index (χ3v) is 4.55. The van der Waals surface area contributed by atoms with E-state index in [1.807, 2.05) is 0 Å². The number of hydrogen-bond acceptors (Lipinski definition) is 3. The smallest absolute Gasteiger partial charge is 0.140 e. The fourth-order valence-electron chi connectivity index (χ4n) is 3.26. The van der Waals surface area contributed by atoms with E-state index >= 15 is 0 Å². The molecule has 0 aliphatic heterocycles. The molecule has 3 rings (SSSR count). The molecular formula is C19H26N2O. The van der Waals surface area contributed by atoms with Gasteiger partial charge in [0.15, 0.2) is 0 Å². The van der Waals surface area contributed by atoms with Crippen LogP contribution in [0.1, 0.15) is 48.3 Å². The molecule has 118 valence electrons. The van der Waals surface area contributed by atoms with Gasteiger partial charge < -0.3 is 9.42 Å². The van der Waals surface area contributed by atoms with Gasteiger partial charge in [0, 0.05) is 18.5 Å². The molecule has 3 nitrogen and oxygen atoms in total. The van der Waals surface area contributed by atoms with Gasteiger partial charge in [-0.3, -0.25) is 0 Å². The number of aromatic nitrogens is 1. The molecule has 0 unspecified atom stereocenters. The first-order chi connectivity index (χ1) is 10.8. The molecule has 0 saturated heterocycles. The van der Waals surface area contributed by atoms with Crippen LogP contribution in [-0.2, 0) is 25.8 Å². The van der Waals surface area contributed by atoms with E-state index in [2.05, 4.69) is 47.4 Å². The molecule has 0 atom stereocenters. The molecule has 0 fully saturated rings. The zero-order chi connectivity index (χ0) is 15.2. The van der Waals surface area contributed by atoms with Crippen molar-refractivity contribution in [3.63, 3.8) is 0 Å². The number of nitrogens with zero attached hydrogens (tertiary/aromatic N) is 2. The number of fused-ring (bicyclic) bond motifs is 1. The molecule has 3 heteroatoms. The summed E-state index contributed by atoms with van der Waals surface area (Å²) >= 11 is 0. The van der Waals surface area contributed by atoms with Crippen molar-refractivity contribution >= 4 is 0 Å². The molecule has 0 radical (unpaired) electrons. The summed E-state index contributed by atoms with van der Waals surface area (Å²) in [6, 6.07) is 10.7. The van der Waals surface area contributed by atoms with Crippen molar-refractivity contribution in [1.29, 1.82) is 0 Å². The Hall–Kier alpha value is -1.61. The molecule has 1 aliphatic rings. The highest BCUT2D eigenvalue weighted by molar-refractivity contribution is 5.25. The highest BCUT2D eigenvalue weighted by Crippen LogP contribution is 2.24. The highest BCUT2D eigenvalue weighted by atomic mass is 16.5. The number of rotatable bonds is 7. The lowest BCUT2D eigenvalue weighted by Crippen LogP contribution is -2.20. The van der Waals surface area contributed by atoms with Crippen LogP contribution in [0.3, 0.4) is 0 Å². The van der Waals surface area contributed by atoms with Crippen molar-refractivity contribution in [2.45, 2.75) is 51.5 Å². The molecule has 0 N–H and O–H groups in total. The Morgan fingerprint density at radius 3 is 2.77 bits per heavy atom. The van der Waals surface area contributed by atoms with Gasteiger partial charge in [0.2, 0.25) is 0 Å². The quantitative estimate of drug-likeness (QED) is 0.723. The standard InChI is InChI=1S/C19H26N2O/c1-21(14-8-7-11-16-9-3-2-4-10-16)15-18-17-12-5-6-13-19(17)22-20-18/h2-4,9-10H,5-8,11-15H2,1H3. The first-order valence-electron chi connectivity index (χ1n) is 8.51. The fraction of sp³-hybridized carbons (Fsp3) is 0.526. The Kier molecular flexibility index (Phi) is 5.28. The van der Waals surface area contributed by atoms with Crippen LogP contribution in [0, 0.1) is 0 Å². The number of hydrogen-bond donors (Lipinski definition) is 0. The predicted octanol–water partition coefficient (Wildman–Crippen LogP) is 4.01. The first kappa shape index (κ1) is 15.3. The van der Waals surface area contributed by atoms with E-state index in [4.69, 9.17) is 4.52 Å². The lowest BCUT2D eigenvalue weighted by Gasteiger charge is -2.16. The Morgan fingerprint density at radius 2 is 1.91 bits per heavy atom. The maximum absolute atomic E-state index is 5.49. The van der Waals surface area contributed by atoms with Crippen LogP contribution >= 0.6 is 0 Å². The highest BCUT2D eigenvalue weighted by Gasteiger charge is 2.19. The number of benzene rings is 1. The minimum absolute atomic E-state index is 0.921. The van der Waals surface area contributed by atoms with Crippen molar-refractivity contribution in [2.75, 3.05) is 13.6 Å². The Morgan fingerprint density at radius 1 is 1.09 bits per heavy atom. The normalized spacial score (nSPS) is 14.3. The second kappa shape index (κ2) is 7.59. The molecule has 1 aromatic heterocycles. The Labute approximate surface area is 133 Å². The van der Waals surface area contributed by atoms with Gasteiger partial charge in [0.1, 0.15) is 11.5 Å². The molecule has 0 amide bonds. The van der Waals surface area contributed by atoms with Crippen LogP contribution in [0.5, 0.6) is 0 Å². The molecule has 1 aromatic carbocycles. The summed E-state index contributed by atoms with van der Waals surface area (Å²) in [5.74, 6) is 1.14. The van der Waals surface area contributed by atoms with E-state index in [0.29, 0.717) is 0 Å². The predicted molar refractivity (Wildman–Crippen MR) is 88.9 cm³/mol. The number of unbranched alkanes of at least 4 members (excludes halogenated alkanes) is 1. The summed E-state index contributed by atoms with van der Waals surface area (Å²) in [4.78, 5) is 2.37. The third-order valence-electron chi connectivity index (χ3n) is 4.55. The van der Waals surface area contributed by atoms with Crippen LogP contribution in [-0.4, -0.2) is 23.6 Å². The Balaban J connectivity index is 1.41. The van der Waals surface area contributed by atoms with E-state index < -0.39 is 0 Å². The van der Waals surface area contributed by atoms with Crippen LogP contribution in [0.2, 0.25) is 0 Å². The molecule has 2 aromatic rings. The van der Waals surface area contributed by atoms with Gasteiger partial charge >= 0.3 is 0 Å². The summed E-state index contributed by atoms with van der Waals surface area (Å²) in [5.41, 5.74) is 4.00. The summed E-state index contributed by atoms with van der Waals surface area (Å²) in [6.45, 7) is 2.04. The number of aryl methyl sites for hydroxylation is 2. The summed E-state index contributed by atoms with van der Waals surface area (Å²) in [5, 5.41) is 4.30. The average Bonchev–Trinajstić information content (AvgIpc) is 2.96. The lowest BCUT2D eigenvalue weighted by atomic mass is 9.96. The molecular weight excluding hydrogens is 272 g/mol. The zero-order valence-electron chi connectivity index (χ0n) is 13.6. The van der Waals surface area contributed by atoms with Crippen molar-refractivity contribution in [1.82, 2.24) is 10.1 Å². The van der Waals surface area contributed by atoms with Gasteiger partial charge in [0.25, 0.3) is 0 Å². The van der Waals surface area contributed by atoms with Gasteiger partial charge in [-0.25, -0.2) is 0 Å². The van der Waals surface area contributed by atoms with E-state index in [1.165, 1.54) is 48.9 Å². The van der Waals surface area contributed by atoms with Crippen molar-refractivity contribution < 1.29 is 4.52 Å². The minimum atomic E-state index is 0.921. The SMILES string of the molecule is CN(CCCCc1ccccc1)Cc1noc2c1CCCC2. The van der Waals surface area contributed by atoms with E-state index in [-0.39, 0.29) is 0 Å².